The zero-order valence-electron chi connectivity index (χ0n) is 45.2. The highest BCUT2D eigenvalue weighted by molar-refractivity contribution is 7.47. The second kappa shape index (κ2) is 55.8. The quantitative estimate of drug-likeness (QED) is 0.0264. The van der Waals surface area contributed by atoms with E-state index in [1.807, 2.05) is 0 Å². The fraction of sp³-hybridized carbons (Fsp3) is 0.767. The second-order valence-corrected chi connectivity index (χ2v) is 20.6. The van der Waals surface area contributed by atoms with Gasteiger partial charge in [0.25, 0.3) is 0 Å². The average molecular weight is 1000 g/mol. The summed E-state index contributed by atoms with van der Waals surface area (Å²) < 4.78 is 33.0. The largest absolute Gasteiger partial charge is 0.472 e. The summed E-state index contributed by atoms with van der Waals surface area (Å²) in [6.07, 6.45) is 70.9. The van der Waals surface area contributed by atoms with Crippen molar-refractivity contribution in [1.29, 1.82) is 0 Å². The lowest BCUT2D eigenvalue weighted by Crippen LogP contribution is -2.29. The number of phosphoric acid groups is 1. The highest BCUT2D eigenvalue weighted by Gasteiger charge is 2.26. The number of carbonyl (C=O) groups excluding carboxylic acids is 2. The molecule has 0 saturated carbocycles. The van der Waals surface area contributed by atoms with Crippen LogP contribution in [0.25, 0.3) is 0 Å². The van der Waals surface area contributed by atoms with E-state index in [4.69, 9.17) is 24.3 Å². The van der Waals surface area contributed by atoms with Crippen LogP contribution < -0.4 is 5.73 Å². The Hall–Kier alpha value is -2.55. The Morgan fingerprint density at radius 2 is 0.786 bits per heavy atom. The van der Waals surface area contributed by atoms with Crippen molar-refractivity contribution < 1.29 is 37.6 Å². The standard InChI is InChI=1S/C60H108NO8P/c1-3-5-7-9-11-13-15-17-19-21-23-25-26-27-28-29-30-31-32-33-35-37-39-41-43-45-47-49-51-53-60(63)69-58(57-68-70(64,65)67-55-54-61)56-66-59(62)52-50-48-46-44-42-40-38-36-34-24-22-20-18-16-14-12-10-8-6-4-2/h5,7,11,13,17,19,23,25,27-28,30-31,58H,3-4,6,8-10,12,14-16,18,20-22,24,26,29,32-57,61H2,1-2H3,(H,64,65)/b7-5-,13-11-,19-17-,25-23-,28-27-,31-30-. The normalized spacial score (nSPS) is 13.6. The minimum atomic E-state index is -4.39. The topological polar surface area (TPSA) is 134 Å². The maximum absolute atomic E-state index is 12.7. The summed E-state index contributed by atoms with van der Waals surface area (Å²) in [5.41, 5.74) is 5.38. The van der Waals surface area contributed by atoms with Crippen molar-refractivity contribution in [3.8, 4) is 0 Å². The molecule has 0 aliphatic heterocycles. The van der Waals surface area contributed by atoms with Crippen LogP contribution in [-0.4, -0.2) is 49.3 Å². The summed E-state index contributed by atoms with van der Waals surface area (Å²) in [7, 11) is -4.39. The Balaban J connectivity index is 3.99. The minimum absolute atomic E-state index is 0.0514. The molecule has 0 bridgehead atoms. The van der Waals surface area contributed by atoms with Gasteiger partial charge in [0.2, 0.25) is 0 Å². The first-order valence-electron chi connectivity index (χ1n) is 28.9. The maximum Gasteiger partial charge on any atom is 0.472 e. The number of rotatable bonds is 54. The van der Waals surface area contributed by atoms with Crippen molar-refractivity contribution in [1.82, 2.24) is 0 Å². The first kappa shape index (κ1) is 67.5. The number of hydrogen-bond acceptors (Lipinski definition) is 8. The molecule has 70 heavy (non-hydrogen) atoms. The molecule has 9 nitrogen and oxygen atoms in total. The van der Waals surface area contributed by atoms with E-state index in [0.717, 1.165) is 83.5 Å². The van der Waals surface area contributed by atoms with Gasteiger partial charge in [-0.1, -0.05) is 260 Å². The van der Waals surface area contributed by atoms with Crippen LogP contribution in [0.4, 0.5) is 0 Å². The summed E-state index contributed by atoms with van der Waals surface area (Å²) in [6, 6.07) is 0. The predicted octanol–water partition coefficient (Wildman–Crippen LogP) is 18.1. The van der Waals surface area contributed by atoms with Crippen LogP contribution in [-0.2, 0) is 32.7 Å². The number of unbranched alkanes of at least 4 members (excludes halogenated alkanes) is 29. The number of allylic oxidation sites excluding steroid dienone is 12. The Kier molecular flexibility index (Phi) is 53.7. The summed E-state index contributed by atoms with van der Waals surface area (Å²) in [5, 5.41) is 0. The lowest BCUT2D eigenvalue weighted by Gasteiger charge is -2.19. The Morgan fingerprint density at radius 3 is 1.17 bits per heavy atom. The van der Waals surface area contributed by atoms with Gasteiger partial charge in [-0.2, -0.15) is 0 Å². The van der Waals surface area contributed by atoms with Gasteiger partial charge < -0.3 is 20.1 Å². The fourth-order valence-corrected chi connectivity index (χ4v) is 8.88. The van der Waals surface area contributed by atoms with Crippen LogP contribution in [0.3, 0.4) is 0 Å². The molecule has 0 spiro atoms. The molecular weight excluding hydrogens is 894 g/mol. The number of carbonyl (C=O) groups is 2. The van der Waals surface area contributed by atoms with Gasteiger partial charge in [-0.05, 0) is 64.2 Å². The molecule has 2 unspecified atom stereocenters. The summed E-state index contributed by atoms with van der Waals surface area (Å²) in [4.78, 5) is 35.2. The van der Waals surface area contributed by atoms with Crippen molar-refractivity contribution in [3.05, 3.63) is 72.9 Å². The van der Waals surface area contributed by atoms with Gasteiger partial charge in [0, 0.05) is 19.4 Å². The van der Waals surface area contributed by atoms with Gasteiger partial charge in [-0.3, -0.25) is 18.6 Å². The Bertz CT molecular complexity index is 1370. The van der Waals surface area contributed by atoms with Gasteiger partial charge in [-0.15, -0.1) is 0 Å². The van der Waals surface area contributed by atoms with E-state index < -0.39 is 26.5 Å². The Morgan fingerprint density at radius 1 is 0.443 bits per heavy atom. The molecule has 0 aliphatic rings. The maximum atomic E-state index is 12.7. The van der Waals surface area contributed by atoms with Gasteiger partial charge in [0.15, 0.2) is 6.10 Å². The van der Waals surface area contributed by atoms with Gasteiger partial charge in [-0.25, -0.2) is 4.57 Å². The Labute approximate surface area is 431 Å². The number of hydrogen-bond donors (Lipinski definition) is 2. The molecular formula is C60H108NO8P. The number of esters is 2. The molecule has 0 fully saturated rings. The molecule has 0 aliphatic carbocycles. The van der Waals surface area contributed by atoms with Crippen LogP contribution >= 0.6 is 7.82 Å². The summed E-state index contributed by atoms with van der Waals surface area (Å²) in [6.45, 7) is 3.66. The van der Waals surface area contributed by atoms with Crippen molar-refractivity contribution in [3.63, 3.8) is 0 Å². The fourth-order valence-electron chi connectivity index (χ4n) is 8.11. The van der Waals surface area contributed by atoms with E-state index in [9.17, 15) is 19.0 Å². The van der Waals surface area contributed by atoms with E-state index in [0.29, 0.717) is 6.42 Å². The molecule has 3 N–H and O–H groups in total. The number of nitrogens with two attached hydrogens (primary N) is 1. The number of ether oxygens (including phenoxy) is 2. The van der Waals surface area contributed by atoms with Crippen molar-refractivity contribution >= 4 is 19.8 Å². The van der Waals surface area contributed by atoms with E-state index in [2.05, 4.69) is 86.8 Å². The van der Waals surface area contributed by atoms with Gasteiger partial charge in [0.05, 0.1) is 13.2 Å². The van der Waals surface area contributed by atoms with Gasteiger partial charge >= 0.3 is 19.8 Å². The monoisotopic (exact) mass is 1000 g/mol. The van der Waals surface area contributed by atoms with E-state index in [1.54, 1.807) is 0 Å². The third-order valence-corrected chi connectivity index (χ3v) is 13.3. The van der Waals surface area contributed by atoms with Crippen LogP contribution in [0.2, 0.25) is 0 Å². The van der Waals surface area contributed by atoms with Crippen molar-refractivity contribution in [2.24, 2.45) is 5.73 Å². The minimum Gasteiger partial charge on any atom is -0.462 e. The lowest BCUT2D eigenvalue weighted by atomic mass is 10.0. The summed E-state index contributed by atoms with van der Waals surface area (Å²) >= 11 is 0. The number of phosphoric ester groups is 1. The summed E-state index contributed by atoms with van der Waals surface area (Å²) in [5.74, 6) is -0.825. The van der Waals surface area contributed by atoms with E-state index >= 15 is 0 Å². The van der Waals surface area contributed by atoms with Crippen LogP contribution in [0.1, 0.15) is 264 Å². The van der Waals surface area contributed by atoms with Gasteiger partial charge in [0.1, 0.15) is 6.61 Å². The molecule has 0 amide bonds. The molecule has 406 valence electrons. The molecule has 0 rings (SSSR count). The molecule has 0 radical (unpaired) electrons. The molecule has 2 atom stereocenters. The van der Waals surface area contributed by atoms with Crippen molar-refractivity contribution in [2.75, 3.05) is 26.4 Å². The predicted molar refractivity (Wildman–Crippen MR) is 298 cm³/mol. The zero-order valence-corrected chi connectivity index (χ0v) is 46.1. The molecule has 0 aromatic carbocycles. The first-order chi connectivity index (χ1) is 34.3. The van der Waals surface area contributed by atoms with Crippen LogP contribution in [0, 0.1) is 0 Å². The van der Waals surface area contributed by atoms with Crippen molar-refractivity contribution in [2.45, 2.75) is 270 Å². The third-order valence-electron chi connectivity index (χ3n) is 12.4. The molecule has 0 aromatic rings. The molecule has 0 aromatic heterocycles. The van der Waals surface area contributed by atoms with Crippen LogP contribution in [0.15, 0.2) is 72.9 Å². The van der Waals surface area contributed by atoms with Crippen LogP contribution in [0.5, 0.6) is 0 Å². The SMILES string of the molecule is CC/C=C\C/C=C\C/C=C\C/C=C\C/C=C\C/C=C\CCCCCCCCCCCCC(=O)OC(COC(=O)CCCCCCCCCCCCCCCCCCCCCC)COP(=O)(O)OCCN. The molecule has 0 saturated heterocycles. The zero-order chi connectivity index (χ0) is 51.0. The second-order valence-electron chi connectivity index (χ2n) is 19.1. The van der Waals surface area contributed by atoms with E-state index in [-0.39, 0.29) is 38.6 Å². The molecule has 0 heterocycles. The smallest absolute Gasteiger partial charge is 0.462 e. The lowest BCUT2D eigenvalue weighted by molar-refractivity contribution is -0.161. The molecule has 10 heteroatoms. The highest BCUT2D eigenvalue weighted by atomic mass is 31.2. The highest BCUT2D eigenvalue weighted by Crippen LogP contribution is 2.43. The first-order valence-corrected chi connectivity index (χ1v) is 30.4. The third kappa shape index (κ3) is 54.8. The average Bonchev–Trinajstić information content (AvgIpc) is 3.35. The van der Waals surface area contributed by atoms with E-state index in [1.165, 1.54) is 148 Å².